The number of halogens is 1. The number of thiophene rings is 1. The molecule has 2 heterocycles. The maximum atomic E-state index is 12.3. The standard InChI is InChI=1S/C18H20ClN3O2S/c19-14-3-1-4-15(11-14)21-18(24)22-8-6-13(7-9-22)17(23)20-12-16-5-2-10-25-16/h1-5,10-11,13H,6-9,12H2,(H,20,23)(H,21,24). The van der Waals surface area contributed by atoms with Gasteiger partial charge in [0.15, 0.2) is 0 Å². The van der Waals surface area contributed by atoms with Crippen LogP contribution in [-0.4, -0.2) is 29.9 Å². The Balaban J connectivity index is 1.44. The molecule has 0 spiro atoms. The molecule has 7 heteroatoms. The molecule has 0 saturated carbocycles. The average Bonchev–Trinajstić information content (AvgIpc) is 3.13. The first-order chi connectivity index (χ1) is 12.1. The Morgan fingerprint density at radius 2 is 2.00 bits per heavy atom. The smallest absolute Gasteiger partial charge is 0.321 e. The van der Waals surface area contributed by atoms with Crippen molar-refractivity contribution >= 4 is 40.6 Å². The van der Waals surface area contributed by atoms with Crippen molar-refractivity contribution in [1.82, 2.24) is 10.2 Å². The van der Waals surface area contributed by atoms with E-state index in [4.69, 9.17) is 11.6 Å². The minimum atomic E-state index is -0.153. The van der Waals surface area contributed by atoms with Crippen molar-refractivity contribution in [2.24, 2.45) is 5.92 Å². The zero-order valence-electron chi connectivity index (χ0n) is 13.7. The number of anilines is 1. The Morgan fingerprint density at radius 3 is 2.68 bits per heavy atom. The van der Waals surface area contributed by atoms with Gasteiger partial charge in [0.1, 0.15) is 0 Å². The maximum absolute atomic E-state index is 12.3. The van der Waals surface area contributed by atoms with E-state index in [0.717, 1.165) is 4.88 Å². The zero-order valence-corrected chi connectivity index (χ0v) is 15.3. The molecule has 0 unspecified atom stereocenters. The summed E-state index contributed by atoms with van der Waals surface area (Å²) in [5.74, 6) is 0.0403. The molecule has 3 rings (SSSR count). The van der Waals surface area contributed by atoms with Gasteiger partial charge in [-0.25, -0.2) is 4.79 Å². The van der Waals surface area contributed by atoms with E-state index in [-0.39, 0.29) is 17.9 Å². The second-order valence-electron chi connectivity index (χ2n) is 6.00. The van der Waals surface area contributed by atoms with Crippen LogP contribution >= 0.6 is 22.9 Å². The second-order valence-corrected chi connectivity index (χ2v) is 7.47. The van der Waals surface area contributed by atoms with Crippen molar-refractivity contribution in [3.05, 3.63) is 51.7 Å². The van der Waals surface area contributed by atoms with E-state index in [9.17, 15) is 9.59 Å². The van der Waals surface area contributed by atoms with E-state index in [2.05, 4.69) is 10.6 Å². The molecule has 25 heavy (non-hydrogen) atoms. The van der Waals surface area contributed by atoms with Crippen LogP contribution in [0.5, 0.6) is 0 Å². The topological polar surface area (TPSA) is 61.4 Å². The minimum absolute atomic E-state index is 0.0322. The Bertz CT molecular complexity index is 728. The number of piperidine rings is 1. The number of carbonyl (C=O) groups is 2. The van der Waals surface area contributed by atoms with E-state index < -0.39 is 0 Å². The quantitative estimate of drug-likeness (QED) is 0.847. The van der Waals surface area contributed by atoms with Crippen LogP contribution in [0.3, 0.4) is 0 Å². The number of nitrogens with one attached hydrogen (secondary N) is 2. The van der Waals surface area contributed by atoms with Gasteiger partial charge in [-0.2, -0.15) is 0 Å². The number of likely N-dealkylation sites (tertiary alicyclic amines) is 1. The first kappa shape index (κ1) is 17.8. The van der Waals surface area contributed by atoms with E-state index >= 15 is 0 Å². The van der Waals surface area contributed by atoms with Gasteiger partial charge < -0.3 is 15.5 Å². The predicted molar refractivity (Wildman–Crippen MR) is 101 cm³/mol. The van der Waals surface area contributed by atoms with Crippen LogP contribution in [0.15, 0.2) is 41.8 Å². The highest BCUT2D eigenvalue weighted by molar-refractivity contribution is 7.09. The SMILES string of the molecule is O=C(NCc1cccs1)C1CCN(C(=O)Nc2cccc(Cl)c2)CC1. The number of rotatable bonds is 4. The Hall–Kier alpha value is -2.05. The van der Waals surface area contributed by atoms with Gasteiger partial charge in [-0.15, -0.1) is 11.3 Å². The van der Waals surface area contributed by atoms with Gasteiger partial charge in [-0.05, 0) is 42.5 Å². The molecule has 0 atom stereocenters. The summed E-state index contributed by atoms with van der Waals surface area (Å²) in [5, 5.41) is 8.41. The molecule has 0 radical (unpaired) electrons. The van der Waals surface area contributed by atoms with E-state index in [1.807, 2.05) is 17.5 Å². The molecule has 1 aromatic carbocycles. The molecule has 2 N–H and O–H groups in total. The summed E-state index contributed by atoms with van der Waals surface area (Å²) in [4.78, 5) is 27.5. The first-order valence-corrected chi connectivity index (χ1v) is 9.49. The molecule has 1 fully saturated rings. The average molecular weight is 378 g/mol. The Morgan fingerprint density at radius 1 is 1.20 bits per heavy atom. The minimum Gasteiger partial charge on any atom is -0.351 e. The third-order valence-electron chi connectivity index (χ3n) is 4.25. The van der Waals surface area contributed by atoms with Gasteiger partial charge in [0.05, 0.1) is 6.54 Å². The number of carbonyl (C=O) groups excluding carboxylic acids is 2. The molecule has 1 aromatic heterocycles. The molecule has 0 bridgehead atoms. The number of benzene rings is 1. The lowest BCUT2D eigenvalue weighted by Gasteiger charge is -2.31. The summed E-state index contributed by atoms with van der Waals surface area (Å²) in [6.07, 6.45) is 1.36. The van der Waals surface area contributed by atoms with Gasteiger partial charge >= 0.3 is 6.03 Å². The van der Waals surface area contributed by atoms with E-state index in [1.165, 1.54) is 0 Å². The van der Waals surface area contributed by atoms with Crippen molar-refractivity contribution in [2.45, 2.75) is 19.4 Å². The lowest BCUT2D eigenvalue weighted by atomic mass is 9.96. The number of nitrogens with zero attached hydrogens (tertiary/aromatic N) is 1. The molecule has 1 aliphatic rings. The zero-order chi connectivity index (χ0) is 17.6. The highest BCUT2D eigenvalue weighted by atomic mass is 35.5. The number of amides is 3. The third-order valence-corrected chi connectivity index (χ3v) is 5.36. The van der Waals surface area contributed by atoms with Crippen molar-refractivity contribution in [2.75, 3.05) is 18.4 Å². The monoisotopic (exact) mass is 377 g/mol. The van der Waals surface area contributed by atoms with Crippen molar-refractivity contribution in [3.8, 4) is 0 Å². The number of urea groups is 1. The lowest BCUT2D eigenvalue weighted by molar-refractivity contribution is -0.126. The highest BCUT2D eigenvalue weighted by Gasteiger charge is 2.27. The lowest BCUT2D eigenvalue weighted by Crippen LogP contribution is -2.44. The summed E-state index contributed by atoms with van der Waals surface area (Å²) in [6, 6.07) is 10.9. The van der Waals surface area contributed by atoms with Gasteiger partial charge in [0.2, 0.25) is 5.91 Å². The fourth-order valence-electron chi connectivity index (χ4n) is 2.85. The van der Waals surface area contributed by atoms with Gasteiger partial charge in [0.25, 0.3) is 0 Å². The van der Waals surface area contributed by atoms with Crippen molar-refractivity contribution in [3.63, 3.8) is 0 Å². The summed E-state index contributed by atoms with van der Waals surface area (Å²) in [6.45, 7) is 1.72. The van der Waals surface area contributed by atoms with Crippen LogP contribution in [0.4, 0.5) is 10.5 Å². The second kappa shape index (κ2) is 8.36. The molecular weight excluding hydrogens is 358 g/mol. The van der Waals surface area contributed by atoms with Gasteiger partial charge in [0, 0.05) is 34.6 Å². The van der Waals surface area contributed by atoms with Gasteiger partial charge in [-0.1, -0.05) is 23.7 Å². The largest absolute Gasteiger partial charge is 0.351 e. The van der Waals surface area contributed by atoms with Gasteiger partial charge in [-0.3, -0.25) is 4.79 Å². The Kier molecular flexibility index (Phi) is 5.94. The fourth-order valence-corrected chi connectivity index (χ4v) is 3.68. The fraction of sp³-hybridized carbons (Fsp3) is 0.333. The molecule has 132 valence electrons. The van der Waals surface area contributed by atoms with Crippen LogP contribution < -0.4 is 10.6 Å². The molecule has 3 amide bonds. The normalized spacial score (nSPS) is 15.0. The maximum Gasteiger partial charge on any atom is 0.321 e. The van der Waals surface area contributed by atoms with E-state index in [1.54, 1.807) is 40.5 Å². The predicted octanol–water partition coefficient (Wildman–Crippen LogP) is 3.96. The van der Waals surface area contributed by atoms with Crippen LogP contribution in [0, 0.1) is 5.92 Å². The number of hydrogen-bond acceptors (Lipinski definition) is 3. The molecule has 5 nitrogen and oxygen atoms in total. The highest BCUT2D eigenvalue weighted by Crippen LogP contribution is 2.20. The number of hydrogen-bond donors (Lipinski definition) is 2. The van der Waals surface area contributed by atoms with E-state index in [0.29, 0.717) is 43.2 Å². The molecule has 0 aliphatic carbocycles. The van der Waals surface area contributed by atoms with Crippen molar-refractivity contribution in [1.29, 1.82) is 0 Å². The van der Waals surface area contributed by atoms with Crippen LogP contribution in [0.2, 0.25) is 5.02 Å². The summed E-state index contributed by atoms with van der Waals surface area (Å²) < 4.78 is 0. The van der Waals surface area contributed by atoms with Crippen LogP contribution in [0.25, 0.3) is 0 Å². The summed E-state index contributed by atoms with van der Waals surface area (Å²) in [5.41, 5.74) is 0.674. The summed E-state index contributed by atoms with van der Waals surface area (Å²) >= 11 is 7.56. The van der Waals surface area contributed by atoms with Crippen LogP contribution in [0.1, 0.15) is 17.7 Å². The summed E-state index contributed by atoms with van der Waals surface area (Å²) in [7, 11) is 0. The molecule has 1 saturated heterocycles. The molecule has 2 aromatic rings. The van der Waals surface area contributed by atoms with Crippen molar-refractivity contribution < 1.29 is 9.59 Å². The first-order valence-electron chi connectivity index (χ1n) is 8.23. The third kappa shape index (κ3) is 4.96. The molecular formula is C18H20ClN3O2S. The Labute approximate surface area is 156 Å². The van der Waals surface area contributed by atoms with Crippen LogP contribution in [-0.2, 0) is 11.3 Å². The molecule has 1 aliphatic heterocycles.